The van der Waals surface area contributed by atoms with Crippen molar-refractivity contribution < 1.29 is 18.7 Å². The van der Waals surface area contributed by atoms with Gasteiger partial charge < -0.3 is 13.9 Å². The zero-order valence-electron chi connectivity index (χ0n) is 14.9. The third-order valence-electron chi connectivity index (χ3n) is 3.95. The van der Waals surface area contributed by atoms with Crippen LogP contribution in [-0.4, -0.2) is 22.8 Å². The van der Waals surface area contributed by atoms with Crippen molar-refractivity contribution in [3.05, 3.63) is 65.5 Å². The van der Waals surface area contributed by atoms with Gasteiger partial charge in [0.25, 0.3) is 5.89 Å². The number of hydrogen-bond acceptors (Lipinski definition) is 6. The third-order valence-corrected chi connectivity index (χ3v) is 3.95. The molecule has 1 aromatic heterocycles. The van der Waals surface area contributed by atoms with Crippen LogP contribution in [0.1, 0.15) is 30.0 Å². The Morgan fingerprint density at radius 2 is 1.85 bits per heavy atom. The lowest BCUT2D eigenvalue weighted by Crippen LogP contribution is -2.17. The van der Waals surface area contributed by atoms with Crippen molar-refractivity contribution in [1.82, 2.24) is 10.2 Å². The number of hydrogen-bond donors (Lipinski definition) is 0. The highest BCUT2D eigenvalue weighted by Gasteiger charge is 2.19. The first-order valence-corrected chi connectivity index (χ1v) is 8.31. The van der Waals surface area contributed by atoms with Crippen LogP contribution in [0.3, 0.4) is 0 Å². The summed E-state index contributed by atoms with van der Waals surface area (Å²) in [4.78, 5) is 12.0. The van der Waals surface area contributed by atoms with Gasteiger partial charge in [-0.25, -0.2) is 4.79 Å². The Morgan fingerprint density at radius 3 is 2.58 bits per heavy atom. The number of benzene rings is 2. The van der Waals surface area contributed by atoms with Crippen molar-refractivity contribution in [2.75, 3.05) is 6.61 Å². The highest BCUT2D eigenvalue weighted by Crippen LogP contribution is 2.22. The Balaban J connectivity index is 1.56. The predicted molar refractivity (Wildman–Crippen MR) is 95.7 cm³/mol. The molecule has 0 bridgehead atoms. The second-order valence-corrected chi connectivity index (χ2v) is 5.98. The van der Waals surface area contributed by atoms with Gasteiger partial charge in [0.2, 0.25) is 5.89 Å². The van der Waals surface area contributed by atoms with Gasteiger partial charge in [-0.15, -0.1) is 10.2 Å². The monoisotopic (exact) mass is 352 g/mol. The molecule has 0 fully saturated rings. The summed E-state index contributed by atoms with van der Waals surface area (Å²) in [6.45, 7) is 5.49. The number of aryl methyl sites for hydroxylation is 2. The first-order chi connectivity index (χ1) is 12.5. The molecule has 0 unspecified atom stereocenters. The van der Waals surface area contributed by atoms with Crippen LogP contribution in [-0.2, 0) is 9.53 Å². The van der Waals surface area contributed by atoms with E-state index >= 15 is 0 Å². The maximum absolute atomic E-state index is 12.0. The summed E-state index contributed by atoms with van der Waals surface area (Å²) in [5.74, 6) is 0.746. The van der Waals surface area contributed by atoms with E-state index in [1.54, 1.807) is 6.92 Å². The highest BCUT2D eigenvalue weighted by atomic mass is 16.6. The molecule has 0 aliphatic heterocycles. The van der Waals surface area contributed by atoms with E-state index in [0.717, 1.165) is 11.1 Å². The zero-order chi connectivity index (χ0) is 18.5. The molecule has 0 spiro atoms. The van der Waals surface area contributed by atoms with Crippen LogP contribution in [0, 0.1) is 13.8 Å². The van der Waals surface area contributed by atoms with Gasteiger partial charge in [-0.1, -0.05) is 24.3 Å². The minimum atomic E-state index is -0.657. The number of nitrogens with zero attached hydrogens (tertiary/aromatic N) is 2. The molecule has 0 amide bonds. The van der Waals surface area contributed by atoms with Crippen molar-refractivity contribution in [3.63, 3.8) is 0 Å². The lowest BCUT2D eigenvalue weighted by atomic mass is 10.1. The van der Waals surface area contributed by atoms with Crippen molar-refractivity contribution >= 4 is 5.97 Å². The maximum atomic E-state index is 12.0. The predicted octanol–water partition coefficient (Wildman–Crippen LogP) is 4.04. The van der Waals surface area contributed by atoms with Gasteiger partial charge >= 0.3 is 5.97 Å². The minimum absolute atomic E-state index is 0.188. The van der Waals surface area contributed by atoms with E-state index in [-0.39, 0.29) is 12.5 Å². The van der Waals surface area contributed by atoms with Crippen LogP contribution in [0.2, 0.25) is 0 Å². The lowest BCUT2D eigenvalue weighted by Gasteiger charge is -2.11. The molecule has 6 heteroatoms. The summed E-state index contributed by atoms with van der Waals surface area (Å²) in [6.07, 6.45) is -0.657. The van der Waals surface area contributed by atoms with Gasteiger partial charge in [-0.2, -0.15) is 0 Å². The molecule has 26 heavy (non-hydrogen) atoms. The van der Waals surface area contributed by atoms with Crippen molar-refractivity contribution in [3.8, 4) is 17.2 Å². The van der Waals surface area contributed by atoms with Gasteiger partial charge in [-0.3, -0.25) is 0 Å². The summed E-state index contributed by atoms with van der Waals surface area (Å²) in [6, 6.07) is 15.1. The zero-order valence-corrected chi connectivity index (χ0v) is 14.9. The van der Waals surface area contributed by atoms with Crippen LogP contribution in [0.15, 0.2) is 52.9 Å². The van der Waals surface area contributed by atoms with Crippen molar-refractivity contribution in [1.29, 1.82) is 0 Å². The topological polar surface area (TPSA) is 74.5 Å². The quantitative estimate of drug-likeness (QED) is 0.623. The van der Waals surface area contributed by atoms with Crippen molar-refractivity contribution in [2.24, 2.45) is 0 Å². The normalized spacial score (nSPS) is 11.8. The number of carbonyl (C=O) groups is 1. The molecule has 6 nitrogen and oxygen atoms in total. The van der Waals surface area contributed by atoms with Crippen molar-refractivity contribution in [2.45, 2.75) is 26.9 Å². The molecule has 0 N–H and O–H groups in total. The summed E-state index contributed by atoms with van der Waals surface area (Å²) >= 11 is 0. The number of carbonyl (C=O) groups excluding carboxylic acids is 1. The highest BCUT2D eigenvalue weighted by molar-refractivity contribution is 5.71. The average molecular weight is 352 g/mol. The van der Waals surface area contributed by atoms with E-state index in [9.17, 15) is 4.79 Å². The number of rotatable bonds is 6. The van der Waals surface area contributed by atoms with Crippen LogP contribution in [0.25, 0.3) is 11.5 Å². The Labute approximate surface area is 151 Å². The number of aromatic nitrogens is 2. The Hall–Kier alpha value is -3.15. The standard InChI is InChI=1S/C20H20N2O4/c1-13-9-10-17(11-14(13)2)24-12-18(23)25-15(3)19-21-22-20(26-19)16-7-5-4-6-8-16/h4-11,15H,12H2,1-3H3/t15-/m1/s1. The van der Waals surface area contributed by atoms with E-state index in [4.69, 9.17) is 13.9 Å². The molecule has 2 aromatic carbocycles. The molecular formula is C20H20N2O4. The second-order valence-electron chi connectivity index (χ2n) is 5.98. The molecular weight excluding hydrogens is 332 g/mol. The van der Waals surface area contributed by atoms with E-state index in [1.165, 1.54) is 5.56 Å². The van der Waals surface area contributed by atoms with Crippen LogP contribution in [0.5, 0.6) is 5.75 Å². The summed E-state index contributed by atoms with van der Waals surface area (Å²) in [5.41, 5.74) is 3.07. The lowest BCUT2D eigenvalue weighted by molar-refractivity contribution is -0.152. The molecule has 0 radical (unpaired) electrons. The Kier molecular flexibility index (Phi) is 5.31. The maximum Gasteiger partial charge on any atom is 0.344 e. The fraction of sp³-hybridized carbons (Fsp3) is 0.250. The first kappa shape index (κ1) is 17.7. The van der Waals surface area contributed by atoms with Gasteiger partial charge in [-0.05, 0) is 56.2 Å². The third kappa shape index (κ3) is 4.27. The smallest absolute Gasteiger partial charge is 0.344 e. The molecule has 0 saturated carbocycles. The van der Waals surface area contributed by atoms with Crippen LogP contribution in [0.4, 0.5) is 0 Å². The van der Waals surface area contributed by atoms with Gasteiger partial charge in [0, 0.05) is 5.56 Å². The molecule has 0 saturated heterocycles. The van der Waals surface area contributed by atoms with Gasteiger partial charge in [0.1, 0.15) is 5.75 Å². The number of ether oxygens (including phenoxy) is 2. The largest absolute Gasteiger partial charge is 0.482 e. The van der Waals surface area contributed by atoms with E-state index < -0.39 is 12.1 Å². The fourth-order valence-corrected chi connectivity index (χ4v) is 2.32. The average Bonchev–Trinajstić information content (AvgIpc) is 3.14. The summed E-state index contributed by atoms with van der Waals surface area (Å²) < 4.78 is 16.4. The summed E-state index contributed by atoms with van der Waals surface area (Å²) in [7, 11) is 0. The van der Waals surface area contributed by atoms with Crippen LogP contribution >= 0.6 is 0 Å². The molecule has 134 valence electrons. The molecule has 1 atom stereocenters. The molecule has 3 rings (SSSR count). The van der Waals surface area contributed by atoms with Crippen LogP contribution < -0.4 is 4.74 Å². The molecule has 0 aliphatic carbocycles. The van der Waals surface area contributed by atoms with Gasteiger partial charge in [0.15, 0.2) is 12.7 Å². The van der Waals surface area contributed by atoms with E-state index in [2.05, 4.69) is 10.2 Å². The summed E-state index contributed by atoms with van der Waals surface area (Å²) in [5, 5.41) is 7.94. The second kappa shape index (κ2) is 7.82. The number of esters is 1. The van der Waals surface area contributed by atoms with E-state index in [0.29, 0.717) is 11.6 Å². The first-order valence-electron chi connectivity index (χ1n) is 8.31. The SMILES string of the molecule is Cc1ccc(OCC(=O)O[C@H](C)c2nnc(-c3ccccc3)o2)cc1C. The minimum Gasteiger partial charge on any atom is -0.482 e. The van der Waals surface area contributed by atoms with E-state index in [1.807, 2.05) is 62.4 Å². The Bertz CT molecular complexity index is 890. The Morgan fingerprint density at radius 1 is 1.08 bits per heavy atom. The molecule has 1 heterocycles. The molecule has 3 aromatic rings. The fourth-order valence-electron chi connectivity index (χ4n) is 2.32. The molecule has 0 aliphatic rings. The van der Waals surface area contributed by atoms with Gasteiger partial charge in [0.05, 0.1) is 0 Å².